The molecule has 0 fully saturated rings. The number of rotatable bonds is 4. The van der Waals surface area contributed by atoms with E-state index < -0.39 is 11.8 Å². The maximum absolute atomic E-state index is 13.2. The second kappa shape index (κ2) is 6.41. The SMILES string of the molecule is Cc1ccc(-c2c(C(=O)O)nnn2Cc2ccc(F)cc2Cl)cc1. The second-order valence-electron chi connectivity index (χ2n) is 5.35. The van der Waals surface area contributed by atoms with Gasteiger partial charge in [-0.1, -0.05) is 52.7 Å². The Morgan fingerprint density at radius 1 is 1.25 bits per heavy atom. The molecule has 0 bridgehead atoms. The van der Waals surface area contributed by atoms with Crippen molar-refractivity contribution in [2.75, 3.05) is 0 Å². The van der Waals surface area contributed by atoms with Gasteiger partial charge in [-0.2, -0.15) is 0 Å². The highest BCUT2D eigenvalue weighted by molar-refractivity contribution is 6.31. The van der Waals surface area contributed by atoms with Crippen LogP contribution in [0.5, 0.6) is 0 Å². The van der Waals surface area contributed by atoms with E-state index in [1.807, 2.05) is 31.2 Å². The monoisotopic (exact) mass is 345 g/mol. The van der Waals surface area contributed by atoms with Crippen molar-refractivity contribution in [3.63, 3.8) is 0 Å². The maximum atomic E-state index is 13.2. The molecule has 1 heterocycles. The molecule has 0 aliphatic heterocycles. The Morgan fingerprint density at radius 2 is 1.96 bits per heavy atom. The summed E-state index contributed by atoms with van der Waals surface area (Å²) in [5, 5.41) is 17.3. The Hall–Kier alpha value is -2.73. The molecule has 0 spiro atoms. The molecule has 5 nitrogen and oxygen atoms in total. The summed E-state index contributed by atoms with van der Waals surface area (Å²) < 4.78 is 14.6. The van der Waals surface area contributed by atoms with Gasteiger partial charge in [-0.15, -0.1) is 5.10 Å². The van der Waals surface area contributed by atoms with Crippen LogP contribution in [-0.2, 0) is 6.54 Å². The fourth-order valence-corrected chi connectivity index (χ4v) is 2.60. The van der Waals surface area contributed by atoms with Crippen molar-refractivity contribution in [3.05, 3.63) is 70.1 Å². The third kappa shape index (κ3) is 3.14. The molecule has 0 aliphatic rings. The van der Waals surface area contributed by atoms with Crippen molar-refractivity contribution in [2.24, 2.45) is 0 Å². The summed E-state index contributed by atoms with van der Waals surface area (Å²) in [6.07, 6.45) is 0. The molecule has 0 atom stereocenters. The molecule has 122 valence electrons. The van der Waals surface area contributed by atoms with Gasteiger partial charge in [0.05, 0.1) is 6.54 Å². The number of carboxylic acid groups (broad SMARTS) is 1. The van der Waals surface area contributed by atoms with Crippen molar-refractivity contribution in [3.8, 4) is 11.3 Å². The van der Waals surface area contributed by atoms with E-state index in [1.165, 1.54) is 16.8 Å². The normalized spacial score (nSPS) is 10.8. The molecule has 24 heavy (non-hydrogen) atoms. The van der Waals surface area contributed by atoms with Gasteiger partial charge >= 0.3 is 5.97 Å². The Bertz CT molecular complexity index is 907. The molecular formula is C17H13ClFN3O2. The van der Waals surface area contributed by atoms with Crippen LogP contribution in [0.3, 0.4) is 0 Å². The van der Waals surface area contributed by atoms with Crippen LogP contribution < -0.4 is 0 Å². The highest BCUT2D eigenvalue weighted by Crippen LogP contribution is 2.25. The van der Waals surface area contributed by atoms with E-state index in [1.54, 1.807) is 6.07 Å². The summed E-state index contributed by atoms with van der Waals surface area (Å²) in [7, 11) is 0. The summed E-state index contributed by atoms with van der Waals surface area (Å²) in [5.41, 5.74) is 2.59. The first-order valence-electron chi connectivity index (χ1n) is 7.13. The molecule has 0 radical (unpaired) electrons. The zero-order chi connectivity index (χ0) is 17.3. The number of aryl methyl sites for hydroxylation is 1. The fourth-order valence-electron chi connectivity index (χ4n) is 2.38. The van der Waals surface area contributed by atoms with Gasteiger partial charge in [-0.25, -0.2) is 13.9 Å². The lowest BCUT2D eigenvalue weighted by molar-refractivity contribution is 0.0691. The maximum Gasteiger partial charge on any atom is 0.358 e. The van der Waals surface area contributed by atoms with Crippen molar-refractivity contribution in [1.82, 2.24) is 15.0 Å². The lowest BCUT2D eigenvalue weighted by atomic mass is 10.1. The molecule has 0 unspecified atom stereocenters. The van der Waals surface area contributed by atoms with Crippen molar-refractivity contribution in [1.29, 1.82) is 0 Å². The van der Waals surface area contributed by atoms with Gasteiger partial charge < -0.3 is 5.11 Å². The van der Waals surface area contributed by atoms with Crippen molar-refractivity contribution in [2.45, 2.75) is 13.5 Å². The summed E-state index contributed by atoms with van der Waals surface area (Å²) in [6, 6.07) is 11.4. The number of carboxylic acids is 1. The van der Waals surface area contributed by atoms with Gasteiger partial charge in [0.2, 0.25) is 0 Å². The fraction of sp³-hybridized carbons (Fsp3) is 0.118. The lowest BCUT2D eigenvalue weighted by Gasteiger charge is -2.09. The predicted molar refractivity (Wildman–Crippen MR) is 87.7 cm³/mol. The highest BCUT2D eigenvalue weighted by atomic mass is 35.5. The largest absolute Gasteiger partial charge is 0.476 e. The average molecular weight is 346 g/mol. The first-order chi connectivity index (χ1) is 11.5. The number of carbonyl (C=O) groups is 1. The molecule has 0 aliphatic carbocycles. The molecular weight excluding hydrogens is 333 g/mol. The van der Waals surface area contributed by atoms with Crippen LogP contribution in [0.1, 0.15) is 21.6 Å². The first kappa shape index (κ1) is 16.1. The highest BCUT2D eigenvalue weighted by Gasteiger charge is 2.21. The molecule has 3 rings (SSSR count). The van der Waals surface area contributed by atoms with Crippen LogP contribution in [0.2, 0.25) is 5.02 Å². The number of aromatic carboxylic acids is 1. The van der Waals surface area contributed by atoms with E-state index >= 15 is 0 Å². The second-order valence-corrected chi connectivity index (χ2v) is 5.76. The third-order valence-electron chi connectivity index (χ3n) is 3.60. The number of hydrogen-bond acceptors (Lipinski definition) is 3. The molecule has 0 saturated heterocycles. The minimum Gasteiger partial charge on any atom is -0.476 e. The van der Waals surface area contributed by atoms with Gasteiger partial charge in [0.1, 0.15) is 11.5 Å². The van der Waals surface area contributed by atoms with Crippen molar-refractivity contribution >= 4 is 17.6 Å². The Balaban J connectivity index is 2.08. The number of halogens is 2. The standard InChI is InChI=1S/C17H13ClFN3O2/c1-10-2-4-11(5-3-10)16-15(17(23)24)20-21-22(16)9-12-6-7-13(19)8-14(12)18/h2-8H,9H2,1H3,(H,23,24). The lowest BCUT2D eigenvalue weighted by Crippen LogP contribution is -2.06. The molecule has 2 aromatic carbocycles. The first-order valence-corrected chi connectivity index (χ1v) is 7.51. The van der Waals surface area contributed by atoms with E-state index in [0.29, 0.717) is 16.8 Å². The van der Waals surface area contributed by atoms with Crippen LogP contribution in [0.4, 0.5) is 4.39 Å². The third-order valence-corrected chi connectivity index (χ3v) is 3.95. The zero-order valence-electron chi connectivity index (χ0n) is 12.7. The van der Waals surface area contributed by atoms with E-state index in [4.69, 9.17) is 11.6 Å². The molecule has 7 heteroatoms. The van der Waals surface area contributed by atoms with E-state index in [9.17, 15) is 14.3 Å². The molecule has 0 amide bonds. The van der Waals surface area contributed by atoms with Gasteiger partial charge in [0.25, 0.3) is 0 Å². The van der Waals surface area contributed by atoms with E-state index in [0.717, 1.165) is 5.56 Å². The minimum absolute atomic E-state index is 0.142. The number of aromatic nitrogens is 3. The number of nitrogens with zero attached hydrogens (tertiary/aromatic N) is 3. The summed E-state index contributed by atoms with van der Waals surface area (Å²) >= 11 is 6.05. The van der Waals surface area contributed by atoms with Crippen LogP contribution in [-0.4, -0.2) is 26.1 Å². The van der Waals surface area contributed by atoms with Crippen LogP contribution in [0, 0.1) is 12.7 Å². The average Bonchev–Trinajstić information content (AvgIpc) is 2.95. The Kier molecular flexibility index (Phi) is 4.31. The summed E-state index contributed by atoms with van der Waals surface area (Å²) in [4.78, 5) is 11.4. The molecule has 0 saturated carbocycles. The number of hydrogen-bond donors (Lipinski definition) is 1. The molecule has 3 aromatic rings. The zero-order valence-corrected chi connectivity index (χ0v) is 13.5. The van der Waals surface area contributed by atoms with Crippen LogP contribution >= 0.6 is 11.6 Å². The minimum atomic E-state index is -1.16. The smallest absolute Gasteiger partial charge is 0.358 e. The molecule has 1 aromatic heterocycles. The Morgan fingerprint density at radius 3 is 2.58 bits per heavy atom. The van der Waals surface area contributed by atoms with Crippen molar-refractivity contribution < 1.29 is 14.3 Å². The van der Waals surface area contributed by atoms with Crippen LogP contribution in [0.15, 0.2) is 42.5 Å². The van der Waals surface area contributed by atoms with Gasteiger partial charge in [-0.05, 0) is 24.6 Å². The Labute approximate surface area is 142 Å². The summed E-state index contributed by atoms with van der Waals surface area (Å²) in [5.74, 6) is -1.60. The van der Waals surface area contributed by atoms with Gasteiger partial charge in [0, 0.05) is 10.6 Å². The van der Waals surface area contributed by atoms with Crippen LogP contribution in [0.25, 0.3) is 11.3 Å². The summed E-state index contributed by atoms with van der Waals surface area (Å²) in [6.45, 7) is 2.12. The van der Waals surface area contributed by atoms with Gasteiger partial charge in [-0.3, -0.25) is 0 Å². The van der Waals surface area contributed by atoms with E-state index in [-0.39, 0.29) is 17.3 Å². The van der Waals surface area contributed by atoms with E-state index in [2.05, 4.69) is 10.3 Å². The van der Waals surface area contributed by atoms with Gasteiger partial charge in [0.15, 0.2) is 5.69 Å². The topological polar surface area (TPSA) is 68.0 Å². The number of benzene rings is 2. The predicted octanol–water partition coefficient (Wildman–Crippen LogP) is 3.79. The quantitative estimate of drug-likeness (QED) is 0.781. The molecule has 1 N–H and O–H groups in total.